The average molecular weight is 360 g/mol. The van der Waals surface area contributed by atoms with E-state index in [-0.39, 0.29) is 17.5 Å². The number of benzene rings is 2. The molecule has 0 radical (unpaired) electrons. The molecule has 0 saturated heterocycles. The van der Waals surface area contributed by atoms with Crippen molar-refractivity contribution in [2.24, 2.45) is 0 Å². The minimum absolute atomic E-state index is 0.149. The summed E-state index contributed by atoms with van der Waals surface area (Å²) in [7, 11) is 1.61. The molecule has 0 fully saturated rings. The Morgan fingerprint density at radius 2 is 2.04 bits per heavy atom. The van der Waals surface area contributed by atoms with Crippen LogP contribution in [0.4, 0.5) is 10.1 Å². The SMILES string of the molecule is COc1ccccc1NC(=S)N[C@@H]1CC(C)(C)Oc2ccc(F)cc21. The maximum Gasteiger partial charge on any atom is 0.171 e. The molecular formula is C19H21FN2O2S. The molecule has 0 amide bonds. The first-order valence-electron chi connectivity index (χ1n) is 8.07. The number of hydrogen-bond acceptors (Lipinski definition) is 3. The van der Waals surface area contributed by atoms with Crippen molar-refractivity contribution in [1.82, 2.24) is 5.32 Å². The number of halogens is 1. The molecule has 1 atom stereocenters. The van der Waals surface area contributed by atoms with Crippen LogP contribution in [0.25, 0.3) is 0 Å². The van der Waals surface area contributed by atoms with Gasteiger partial charge < -0.3 is 20.1 Å². The van der Waals surface area contributed by atoms with Crippen LogP contribution in [0.3, 0.4) is 0 Å². The first kappa shape index (κ1) is 17.5. The van der Waals surface area contributed by atoms with Gasteiger partial charge in [0.25, 0.3) is 0 Å². The second-order valence-electron chi connectivity index (χ2n) is 6.60. The minimum atomic E-state index is -0.372. The summed E-state index contributed by atoms with van der Waals surface area (Å²) < 4.78 is 25.0. The van der Waals surface area contributed by atoms with Crippen molar-refractivity contribution in [3.8, 4) is 11.5 Å². The first-order chi connectivity index (χ1) is 11.9. The van der Waals surface area contributed by atoms with Crippen molar-refractivity contribution in [2.45, 2.75) is 31.9 Å². The average Bonchev–Trinajstić information content (AvgIpc) is 2.55. The summed E-state index contributed by atoms with van der Waals surface area (Å²) in [4.78, 5) is 0. The Hall–Kier alpha value is -2.34. The van der Waals surface area contributed by atoms with Gasteiger partial charge in [0.15, 0.2) is 5.11 Å². The molecule has 1 aliphatic heterocycles. The molecule has 0 aliphatic carbocycles. The number of para-hydroxylation sites is 2. The predicted octanol–water partition coefficient (Wildman–Crippen LogP) is 4.42. The van der Waals surface area contributed by atoms with Crippen LogP contribution in [0.1, 0.15) is 31.9 Å². The van der Waals surface area contributed by atoms with Gasteiger partial charge in [-0.15, -0.1) is 0 Å². The van der Waals surface area contributed by atoms with Crippen molar-refractivity contribution in [2.75, 3.05) is 12.4 Å². The molecule has 1 heterocycles. The Bertz CT molecular complexity index is 795. The number of methoxy groups -OCH3 is 1. The van der Waals surface area contributed by atoms with Gasteiger partial charge in [-0.25, -0.2) is 4.39 Å². The molecule has 0 saturated carbocycles. The van der Waals surface area contributed by atoms with Crippen molar-refractivity contribution in [3.63, 3.8) is 0 Å². The topological polar surface area (TPSA) is 42.5 Å². The number of ether oxygens (including phenoxy) is 2. The summed E-state index contributed by atoms with van der Waals surface area (Å²) in [5, 5.41) is 6.86. The number of fused-ring (bicyclic) bond motifs is 1. The van der Waals surface area contributed by atoms with Gasteiger partial charge in [-0.2, -0.15) is 0 Å². The summed E-state index contributed by atoms with van der Waals surface area (Å²) in [5.74, 6) is 1.08. The van der Waals surface area contributed by atoms with Gasteiger partial charge >= 0.3 is 0 Å². The fourth-order valence-electron chi connectivity index (χ4n) is 3.02. The monoisotopic (exact) mass is 360 g/mol. The Balaban J connectivity index is 1.80. The van der Waals surface area contributed by atoms with Crippen molar-refractivity contribution in [3.05, 3.63) is 53.8 Å². The molecule has 4 nitrogen and oxygen atoms in total. The molecule has 0 aromatic heterocycles. The molecule has 132 valence electrons. The molecule has 6 heteroatoms. The quantitative estimate of drug-likeness (QED) is 0.793. The van der Waals surface area contributed by atoms with E-state index in [9.17, 15) is 4.39 Å². The standard InChI is InChI=1S/C19H21FN2O2S/c1-19(2)11-15(13-10-12(20)8-9-16(13)24-19)22-18(25)21-14-6-4-5-7-17(14)23-3/h4-10,15H,11H2,1-3H3,(H2,21,22,25)/t15-/m1/s1. The highest BCUT2D eigenvalue weighted by Gasteiger charge is 2.34. The molecule has 2 N–H and O–H groups in total. The van der Waals surface area contributed by atoms with E-state index in [0.29, 0.717) is 23.0 Å². The number of rotatable bonds is 3. The molecule has 3 rings (SSSR count). The minimum Gasteiger partial charge on any atom is -0.495 e. The maximum atomic E-state index is 13.7. The molecule has 2 aromatic rings. The summed E-state index contributed by atoms with van der Waals surface area (Å²) in [6.07, 6.45) is 0.664. The highest BCUT2D eigenvalue weighted by Crippen LogP contribution is 2.39. The number of thiocarbonyl (C=S) groups is 1. The van der Waals surface area contributed by atoms with Gasteiger partial charge in [0.05, 0.1) is 18.8 Å². The number of hydrogen-bond donors (Lipinski definition) is 2. The van der Waals surface area contributed by atoms with E-state index in [1.807, 2.05) is 38.1 Å². The normalized spacial score (nSPS) is 17.8. The molecule has 0 spiro atoms. The summed E-state index contributed by atoms with van der Waals surface area (Å²) in [6.45, 7) is 4.01. The van der Waals surface area contributed by atoms with Gasteiger partial charge in [-0.3, -0.25) is 0 Å². The molecule has 0 unspecified atom stereocenters. The van der Waals surface area contributed by atoms with Crippen LogP contribution in [0.2, 0.25) is 0 Å². The molecule has 2 aromatic carbocycles. The van der Waals surface area contributed by atoms with Crippen molar-refractivity contribution >= 4 is 23.0 Å². The van der Waals surface area contributed by atoms with E-state index in [0.717, 1.165) is 11.3 Å². The van der Waals surface area contributed by atoms with Crippen molar-refractivity contribution in [1.29, 1.82) is 0 Å². The summed E-state index contributed by atoms with van der Waals surface area (Å²) in [5.41, 5.74) is 1.17. The Morgan fingerprint density at radius 1 is 1.28 bits per heavy atom. The second-order valence-corrected chi connectivity index (χ2v) is 7.01. The van der Waals surface area contributed by atoms with Crippen LogP contribution in [0, 0.1) is 5.82 Å². The lowest BCUT2D eigenvalue weighted by atomic mass is 9.90. The lowest BCUT2D eigenvalue weighted by Crippen LogP contribution is -2.42. The number of nitrogens with one attached hydrogen (secondary N) is 2. The lowest BCUT2D eigenvalue weighted by molar-refractivity contribution is 0.0694. The van der Waals surface area contributed by atoms with E-state index in [2.05, 4.69) is 10.6 Å². The number of anilines is 1. The third-order valence-electron chi connectivity index (χ3n) is 4.09. The molecule has 1 aliphatic rings. The van der Waals surface area contributed by atoms with E-state index < -0.39 is 0 Å². The lowest BCUT2D eigenvalue weighted by Gasteiger charge is -2.38. The van der Waals surface area contributed by atoms with E-state index in [1.54, 1.807) is 13.2 Å². The van der Waals surface area contributed by atoms with Gasteiger partial charge in [0, 0.05) is 12.0 Å². The smallest absolute Gasteiger partial charge is 0.171 e. The van der Waals surface area contributed by atoms with E-state index in [1.165, 1.54) is 12.1 Å². The van der Waals surface area contributed by atoms with Gasteiger partial charge in [0.1, 0.15) is 22.9 Å². The van der Waals surface area contributed by atoms with Crippen LogP contribution >= 0.6 is 12.2 Å². The van der Waals surface area contributed by atoms with Crippen LogP contribution < -0.4 is 20.1 Å². The zero-order valence-electron chi connectivity index (χ0n) is 14.4. The largest absolute Gasteiger partial charge is 0.495 e. The fourth-order valence-corrected chi connectivity index (χ4v) is 3.27. The zero-order valence-corrected chi connectivity index (χ0v) is 15.2. The third-order valence-corrected chi connectivity index (χ3v) is 4.31. The predicted molar refractivity (Wildman–Crippen MR) is 101 cm³/mol. The Morgan fingerprint density at radius 3 is 2.80 bits per heavy atom. The van der Waals surface area contributed by atoms with Crippen LogP contribution in [0.15, 0.2) is 42.5 Å². The summed E-state index contributed by atoms with van der Waals surface area (Å²) in [6, 6.07) is 11.9. The Kier molecular flexibility index (Phi) is 4.81. The second kappa shape index (κ2) is 6.88. The fraction of sp³-hybridized carbons (Fsp3) is 0.316. The molecule has 0 bridgehead atoms. The molecule has 25 heavy (non-hydrogen) atoms. The Labute approximate surface area is 152 Å². The van der Waals surface area contributed by atoms with Crippen LogP contribution in [-0.4, -0.2) is 17.8 Å². The van der Waals surface area contributed by atoms with E-state index in [4.69, 9.17) is 21.7 Å². The highest BCUT2D eigenvalue weighted by atomic mass is 32.1. The van der Waals surface area contributed by atoms with Crippen LogP contribution in [0.5, 0.6) is 11.5 Å². The third kappa shape index (κ3) is 4.02. The maximum absolute atomic E-state index is 13.7. The van der Waals surface area contributed by atoms with Gasteiger partial charge in [0.2, 0.25) is 0 Å². The van der Waals surface area contributed by atoms with Crippen molar-refractivity contribution < 1.29 is 13.9 Å². The molecular weight excluding hydrogens is 339 g/mol. The van der Waals surface area contributed by atoms with Crippen LogP contribution in [-0.2, 0) is 0 Å². The van der Waals surface area contributed by atoms with E-state index >= 15 is 0 Å². The summed E-state index contributed by atoms with van der Waals surface area (Å²) >= 11 is 5.45. The first-order valence-corrected chi connectivity index (χ1v) is 8.48. The highest BCUT2D eigenvalue weighted by molar-refractivity contribution is 7.80. The zero-order chi connectivity index (χ0) is 18.0. The van der Waals surface area contributed by atoms with Gasteiger partial charge in [-0.1, -0.05) is 12.1 Å². The van der Waals surface area contributed by atoms with Gasteiger partial charge in [-0.05, 0) is 56.4 Å².